The van der Waals surface area contributed by atoms with Crippen molar-refractivity contribution < 1.29 is 27.8 Å². The van der Waals surface area contributed by atoms with E-state index in [1.54, 1.807) is 0 Å². The standard InChI is InChI=1S/2C16H36N.C3H5O4P/c2*1-5-9-13-17(14-10-6-2,15-11-7-3)16-12-8-4;1-2-3-7-8(4,5)6/h2*5-16H2,1-4H3;1H,3H2,(H2,4,5,6)/q2*+1;/p-2/i;;4+2,5+2,6+2. The van der Waals surface area contributed by atoms with Crippen LogP contribution in [0, 0.1) is 12.3 Å². The van der Waals surface area contributed by atoms with Crippen molar-refractivity contribution in [3.05, 3.63) is 0 Å². The molecule has 0 rings (SSSR count). The summed E-state index contributed by atoms with van der Waals surface area (Å²) in [5, 5.41) is 0. The van der Waals surface area contributed by atoms with E-state index in [9.17, 15) is 14.4 Å². The first-order valence-electron chi connectivity index (χ1n) is 17.8. The van der Waals surface area contributed by atoms with Gasteiger partial charge in [-0.1, -0.05) is 113 Å². The minimum absolute atomic E-state index is 0.482. The molecule has 0 spiro atoms. The van der Waals surface area contributed by atoms with E-state index in [0.717, 1.165) is 0 Å². The van der Waals surface area contributed by atoms with Crippen LogP contribution < -0.4 is 9.79 Å². The maximum absolute atomic E-state index is 9.54. The summed E-state index contributed by atoms with van der Waals surface area (Å²) in [6, 6.07) is 0. The number of quaternary nitrogens is 2. The van der Waals surface area contributed by atoms with Crippen molar-refractivity contribution in [2.24, 2.45) is 0 Å². The van der Waals surface area contributed by atoms with E-state index in [4.69, 9.17) is 0 Å². The smallest absolute Gasteiger partial charge is 0.112 e. The van der Waals surface area contributed by atoms with Gasteiger partial charge in [0.1, 0.15) is 6.61 Å². The van der Waals surface area contributed by atoms with Crippen LogP contribution in [0.3, 0.4) is 0 Å². The number of unbranched alkanes of at least 4 members (excludes halogenated alkanes) is 8. The van der Waals surface area contributed by atoms with Crippen molar-refractivity contribution >= 4 is 7.82 Å². The third kappa shape index (κ3) is 29.7. The molecule has 0 bridgehead atoms. The molecule has 0 heterocycles. The van der Waals surface area contributed by atoms with Crippen molar-refractivity contribution in [2.75, 3.05) is 59.0 Å². The summed E-state index contributed by atoms with van der Waals surface area (Å²) in [6.45, 7) is 29.6. The second-order valence-electron chi connectivity index (χ2n) is 12.2. The number of phosphoric acid groups is 1. The highest BCUT2D eigenvalue weighted by atomic mass is 31.2. The molecule has 0 aromatic carbocycles. The first-order chi connectivity index (χ1) is 20.0. The number of hydrogen-bond donors (Lipinski definition) is 0. The summed E-state index contributed by atoms with van der Waals surface area (Å²) in [5.74, 6) is 1.83. The van der Waals surface area contributed by atoms with Crippen LogP contribution in [0.25, 0.3) is 0 Å². The number of hydrogen-bond acceptors (Lipinski definition) is 4. The largest absolute Gasteiger partial charge is 0.790 e. The van der Waals surface area contributed by atoms with Gasteiger partial charge in [-0.2, -0.15) is 0 Å². The van der Waals surface area contributed by atoms with Crippen LogP contribution in [0.4, 0.5) is 0 Å². The number of rotatable bonds is 26. The molecule has 0 radical (unpaired) electrons. The molecule has 0 saturated carbocycles. The first kappa shape index (κ1) is 46.0. The Morgan fingerprint density at radius 1 is 0.500 bits per heavy atom. The van der Waals surface area contributed by atoms with Gasteiger partial charge in [0.15, 0.2) is 0 Å². The van der Waals surface area contributed by atoms with Crippen molar-refractivity contribution in [3.8, 4) is 12.3 Å². The number of terminal acetylenes is 1. The Morgan fingerprint density at radius 3 is 0.786 bits per heavy atom. The molecule has 0 atom stereocenters. The predicted molar refractivity (Wildman–Crippen MR) is 181 cm³/mol. The Morgan fingerprint density at radius 2 is 0.690 bits per heavy atom. The lowest BCUT2D eigenvalue weighted by molar-refractivity contribution is -0.929. The lowest BCUT2D eigenvalue weighted by Crippen LogP contribution is -2.50. The van der Waals surface area contributed by atoms with E-state index in [-0.39, 0.29) is 0 Å². The van der Waals surface area contributed by atoms with Crippen LogP contribution in [0.15, 0.2) is 0 Å². The van der Waals surface area contributed by atoms with Crippen molar-refractivity contribution in [1.82, 2.24) is 0 Å². The molecule has 0 unspecified atom stereocenters. The Labute approximate surface area is 264 Å². The minimum atomic E-state index is -4.82. The van der Waals surface area contributed by atoms with E-state index in [1.165, 1.54) is 164 Å². The second kappa shape index (κ2) is 32.0. The van der Waals surface area contributed by atoms with Crippen molar-refractivity contribution in [1.29, 1.82) is 0 Å². The monoisotopic (exact) mass is 625 g/mol. The number of phosphoric ester groups is 1. The van der Waals surface area contributed by atoms with Gasteiger partial charge in [0.05, 0.1) is 60.2 Å². The molecule has 254 valence electrons. The summed E-state index contributed by atoms with van der Waals surface area (Å²) in [4.78, 5) is 19.1. The van der Waals surface area contributed by atoms with Gasteiger partial charge < -0.3 is 27.8 Å². The molecule has 0 aliphatic carbocycles. The van der Waals surface area contributed by atoms with E-state index in [1.807, 2.05) is 5.92 Å². The highest BCUT2D eigenvalue weighted by molar-refractivity contribution is 7.43. The Kier molecular flexibility index (Phi) is 35.1. The predicted octanol–water partition coefficient (Wildman–Crippen LogP) is 8.47. The molecule has 0 saturated heterocycles. The quantitative estimate of drug-likeness (QED) is 0.0419. The molecular formula is C35H75N2O4P. The normalized spacial score (nSPS) is 11.7. The van der Waals surface area contributed by atoms with E-state index >= 15 is 0 Å². The van der Waals surface area contributed by atoms with Crippen LogP contribution in [-0.2, 0) is 9.09 Å². The average Bonchev–Trinajstić information content (AvgIpc) is 2.99. The number of nitrogens with zero attached hydrogens (tertiary/aromatic N) is 2. The maximum atomic E-state index is 9.54. The Bertz CT molecular complexity index is 522. The Balaban J connectivity index is -0.000000579. The van der Waals surface area contributed by atoms with E-state index < -0.39 is 14.4 Å². The zero-order chi connectivity index (χ0) is 32.6. The summed E-state index contributed by atoms with van der Waals surface area (Å²) in [7, 11) is -4.82. The van der Waals surface area contributed by atoms with Gasteiger partial charge in [0, 0.05) is 0 Å². The molecule has 0 fully saturated rings. The summed E-state index contributed by atoms with van der Waals surface area (Å²) in [6.07, 6.45) is 26.7. The van der Waals surface area contributed by atoms with E-state index in [2.05, 4.69) is 66.3 Å². The summed E-state index contributed by atoms with van der Waals surface area (Å²) >= 11 is 0. The van der Waals surface area contributed by atoms with Gasteiger partial charge in [-0.15, -0.1) is 6.42 Å². The molecule has 0 aromatic heterocycles. The van der Waals surface area contributed by atoms with Crippen LogP contribution in [0.1, 0.15) is 158 Å². The van der Waals surface area contributed by atoms with Crippen molar-refractivity contribution in [2.45, 2.75) is 158 Å². The van der Waals surface area contributed by atoms with Gasteiger partial charge in [-0.25, -0.2) is 0 Å². The lowest BCUT2D eigenvalue weighted by Gasteiger charge is -2.39. The van der Waals surface area contributed by atoms with Crippen molar-refractivity contribution in [3.63, 3.8) is 0 Å². The topological polar surface area (TPSA) is 72.4 Å². The minimum Gasteiger partial charge on any atom is -0.790 e. The van der Waals surface area contributed by atoms with Crippen LogP contribution in [0.2, 0.25) is 0 Å². The molecule has 42 heavy (non-hydrogen) atoms. The Hall–Kier alpha value is -0.410. The zero-order valence-corrected chi connectivity index (χ0v) is 30.6. The van der Waals surface area contributed by atoms with Gasteiger partial charge >= 0.3 is 0 Å². The zero-order valence-electron chi connectivity index (χ0n) is 29.7. The fourth-order valence-electron chi connectivity index (χ4n) is 5.41. The SMILES string of the molecule is C#CCOP(=[18O])([18O-])[18O-].CCCC[N+](CCCC)(CCCC)CCCC.CCCC[N+](CCCC)(CCCC)CCCC. The lowest BCUT2D eigenvalue weighted by atomic mass is 10.1. The summed E-state index contributed by atoms with van der Waals surface area (Å²) in [5.41, 5.74) is 0. The molecule has 0 aromatic rings. The maximum Gasteiger partial charge on any atom is 0.112 e. The molecule has 7 heteroatoms. The van der Waals surface area contributed by atoms with Crippen LogP contribution in [0.5, 0.6) is 0 Å². The van der Waals surface area contributed by atoms with Gasteiger partial charge in [-0.3, -0.25) is 0 Å². The van der Waals surface area contributed by atoms with Crippen LogP contribution >= 0.6 is 7.82 Å². The first-order valence-corrected chi connectivity index (χ1v) is 19.3. The third-order valence-corrected chi connectivity index (χ3v) is 8.64. The van der Waals surface area contributed by atoms with Gasteiger partial charge in [-0.05, 0) is 51.4 Å². The van der Waals surface area contributed by atoms with Crippen LogP contribution in [-0.4, -0.2) is 67.9 Å². The molecule has 6 nitrogen and oxygen atoms in total. The average molecular weight is 625 g/mol. The molecule has 0 aliphatic heterocycles. The molecular weight excluding hydrogens is 549 g/mol. The highest BCUT2D eigenvalue weighted by Crippen LogP contribution is 2.23. The molecule has 0 amide bonds. The fraction of sp³-hybridized carbons (Fsp3) is 0.943. The molecule has 0 N–H and O–H groups in total. The fourth-order valence-corrected chi connectivity index (χ4v) is 5.64. The van der Waals surface area contributed by atoms with Gasteiger partial charge in [0.2, 0.25) is 0 Å². The summed E-state index contributed by atoms with van der Waals surface area (Å²) < 4.78 is 16.0. The van der Waals surface area contributed by atoms with Gasteiger partial charge in [0.25, 0.3) is 0 Å². The second-order valence-corrected chi connectivity index (χ2v) is 13.4. The highest BCUT2D eigenvalue weighted by Gasteiger charge is 2.25. The molecule has 0 aliphatic rings. The third-order valence-electron chi connectivity index (χ3n) is 8.19. The van der Waals surface area contributed by atoms with E-state index in [0.29, 0.717) is 0 Å².